The molecule has 3 fully saturated rings. The molecule has 0 spiro atoms. The quantitative estimate of drug-likeness (QED) is 0.134. The van der Waals surface area contributed by atoms with E-state index in [1.807, 2.05) is 41.5 Å². The van der Waals surface area contributed by atoms with Gasteiger partial charge in [0.2, 0.25) is 0 Å². The normalized spacial score (nSPS) is 28.3. The molecule has 3 aliphatic heterocycles. The van der Waals surface area contributed by atoms with Gasteiger partial charge in [-0.2, -0.15) is 0 Å². The van der Waals surface area contributed by atoms with Crippen LogP contribution in [0.1, 0.15) is 41.5 Å². The first-order chi connectivity index (χ1) is 21.2. The van der Waals surface area contributed by atoms with E-state index in [0.717, 1.165) is 0 Å². The fourth-order valence-electron chi connectivity index (χ4n) is 4.75. The number of hydrogen-bond acceptors (Lipinski definition) is 15. The van der Waals surface area contributed by atoms with Crippen molar-refractivity contribution in [2.24, 2.45) is 0 Å². The van der Waals surface area contributed by atoms with Crippen molar-refractivity contribution in [1.82, 2.24) is 0 Å². The highest BCUT2D eigenvalue weighted by Gasteiger charge is 2.35. The fraction of sp³-hybridized carbons (Fsp3) is 1.00. The van der Waals surface area contributed by atoms with Crippen molar-refractivity contribution in [2.45, 2.75) is 102 Å². The van der Waals surface area contributed by atoms with Gasteiger partial charge in [-0.25, -0.2) is 0 Å². The van der Waals surface area contributed by atoms with Crippen LogP contribution in [0.2, 0.25) is 0 Å². The molecule has 0 saturated carbocycles. The van der Waals surface area contributed by atoms with Crippen molar-refractivity contribution in [1.29, 1.82) is 0 Å². The molecule has 266 valence electrons. The third-order valence-electron chi connectivity index (χ3n) is 6.90. The maximum absolute atomic E-state index is 10.7. The first-order valence-electron chi connectivity index (χ1n) is 15.7. The molecule has 0 aromatic rings. The standard InChI is InChI=1S/C30H56O15/c1-28(2)40-18-25(43-28)15-35-12-23(11-34-8-21(32)7-31)38-9-22(33)10-39-24(13-36-16-26-19-41-29(3,4)44-26)14-37-17-27-20-42-30(5,6)45-27/h21-27,31-33H,7-20H2,1-6H3. The highest BCUT2D eigenvalue weighted by atomic mass is 16.8. The van der Waals surface area contributed by atoms with Crippen LogP contribution in [0, 0.1) is 0 Å². The minimum atomic E-state index is -1.00. The fourth-order valence-corrected chi connectivity index (χ4v) is 4.75. The molecule has 0 radical (unpaired) electrons. The van der Waals surface area contributed by atoms with E-state index in [0.29, 0.717) is 39.6 Å². The van der Waals surface area contributed by atoms with Gasteiger partial charge in [0.05, 0.1) is 92.5 Å². The van der Waals surface area contributed by atoms with Crippen LogP contribution in [0.25, 0.3) is 0 Å². The number of hydrogen-bond donors (Lipinski definition) is 3. The summed E-state index contributed by atoms with van der Waals surface area (Å²) in [5.41, 5.74) is 0. The molecule has 3 saturated heterocycles. The molecule has 3 heterocycles. The lowest BCUT2D eigenvalue weighted by atomic mass is 10.3. The van der Waals surface area contributed by atoms with Gasteiger partial charge in [-0.05, 0) is 41.5 Å². The maximum atomic E-state index is 10.7. The highest BCUT2D eigenvalue weighted by molar-refractivity contribution is 4.73. The van der Waals surface area contributed by atoms with Crippen LogP contribution in [-0.4, -0.2) is 168 Å². The number of rotatable bonds is 23. The average molecular weight is 657 g/mol. The topological polar surface area (TPSA) is 171 Å². The van der Waals surface area contributed by atoms with Gasteiger partial charge in [-0.3, -0.25) is 0 Å². The van der Waals surface area contributed by atoms with Crippen molar-refractivity contribution in [3.8, 4) is 0 Å². The maximum Gasteiger partial charge on any atom is 0.163 e. The summed E-state index contributed by atoms with van der Waals surface area (Å²) in [5, 5.41) is 29.3. The minimum Gasteiger partial charge on any atom is -0.394 e. The summed E-state index contributed by atoms with van der Waals surface area (Å²) in [5.74, 6) is -1.94. The Kier molecular flexibility index (Phi) is 16.2. The van der Waals surface area contributed by atoms with Gasteiger partial charge in [-0.15, -0.1) is 0 Å². The summed E-state index contributed by atoms with van der Waals surface area (Å²) in [6.45, 7) is 13.4. The molecular formula is C30H56O15. The van der Waals surface area contributed by atoms with Gasteiger partial charge >= 0.3 is 0 Å². The van der Waals surface area contributed by atoms with E-state index in [2.05, 4.69) is 0 Å². The molecule has 15 heteroatoms. The van der Waals surface area contributed by atoms with Crippen LogP contribution in [0.4, 0.5) is 0 Å². The second-order valence-corrected chi connectivity index (χ2v) is 12.9. The monoisotopic (exact) mass is 656 g/mol. The molecular weight excluding hydrogens is 600 g/mol. The predicted octanol–water partition coefficient (Wildman–Crippen LogP) is -0.00820. The van der Waals surface area contributed by atoms with Crippen LogP contribution < -0.4 is 0 Å². The van der Waals surface area contributed by atoms with E-state index in [-0.39, 0.29) is 64.6 Å². The smallest absolute Gasteiger partial charge is 0.163 e. The summed E-state index contributed by atoms with van der Waals surface area (Å²) in [4.78, 5) is 0. The second kappa shape index (κ2) is 18.8. The molecule has 0 bridgehead atoms. The molecule has 15 nitrogen and oxygen atoms in total. The Morgan fingerprint density at radius 3 is 1.20 bits per heavy atom. The predicted molar refractivity (Wildman–Crippen MR) is 157 cm³/mol. The van der Waals surface area contributed by atoms with Crippen molar-refractivity contribution >= 4 is 0 Å². The van der Waals surface area contributed by atoms with E-state index in [1.54, 1.807) is 0 Å². The van der Waals surface area contributed by atoms with Gasteiger partial charge in [0.15, 0.2) is 17.4 Å². The lowest BCUT2D eigenvalue weighted by Gasteiger charge is -2.24. The van der Waals surface area contributed by atoms with Gasteiger partial charge in [-0.1, -0.05) is 0 Å². The van der Waals surface area contributed by atoms with Crippen molar-refractivity contribution in [2.75, 3.05) is 92.5 Å². The zero-order valence-corrected chi connectivity index (χ0v) is 27.7. The van der Waals surface area contributed by atoms with Gasteiger partial charge in [0.1, 0.15) is 42.7 Å². The van der Waals surface area contributed by atoms with Gasteiger partial charge in [0.25, 0.3) is 0 Å². The van der Waals surface area contributed by atoms with Crippen molar-refractivity contribution in [3.05, 3.63) is 0 Å². The Labute approximate surface area is 266 Å². The van der Waals surface area contributed by atoms with E-state index in [9.17, 15) is 10.2 Å². The number of ether oxygens (including phenoxy) is 12. The number of aliphatic hydroxyl groups is 3. The molecule has 0 aromatic carbocycles. The molecule has 0 aromatic heterocycles. The lowest BCUT2D eigenvalue weighted by Crippen LogP contribution is -2.36. The molecule has 6 unspecified atom stereocenters. The summed E-state index contributed by atoms with van der Waals surface area (Å²) in [6.07, 6.45) is -3.60. The summed E-state index contributed by atoms with van der Waals surface area (Å²) in [7, 11) is 0. The Morgan fingerprint density at radius 2 is 0.889 bits per heavy atom. The van der Waals surface area contributed by atoms with Crippen LogP contribution in [0.3, 0.4) is 0 Å². The first-order valence-corrected chi connectivity index (χ1v) is 15.7. The molecule has 0 aliphatic carbocycles. The number of aliphatic hydroxyl groups excluding tert-OH is 3. The SMILES string of the molecule is CC1(C)OCC(COCC(COCC(O)CO)OCC(O)COC(COCC2COC(C)(C)O2)COCC2COC(C)(C)O2)O1. The molecule has 0 amide bonds. The van der Waals surface area contributed by atoms with Crippen LogP contribution in [-0.2, 0) is 56.8 Å². The molecule has 3 N–H and O–H groups in total. The first kappa shape index (κ1) is 38.8. The van der Waals surface area contributed by atoms with Crippen molar-refractivity contribution < 1.29 is 72.2 Å². The Balaban J connectivity index is 1.42. The molecule has 3 aliphatic rings. The molecule has 3 rings (SSSR count). The lowest BCUT2D eigenvalue weighted by molar-refractivity contribution is -0.155. The Bertz CT molecular complexity index is 780. The van der Waals surface area contributed by atoms with E-state index in [1.165, 1.54) is 0 Å². The minimum absolute atomic E-state index is 0.0382. The van der Waals surface area contributed by atoms with Gasteiger partial charge < -0.3 is 72.2 Å². The van der Waals surface area contributed by atoms with E-state index in [4.69, 9.17) is 61.9 Å². The summed E-state index contributed by atoms with van der Waals surface area (Å²) < 4.78 is 68.9. The Hall–Kier alpha value is -0.600. The Morgan fingerprint density at radius 1 is 0.533 bits per heavy atom. The molecule has 6 atom stereocenters. The summed E-state index contributed by atoms with van der Waals surface area (Å²) >= 11 is 0. The van der Waals surface area contributed by atoms with Crippen LogP contribution in [0.5, 0.6) is 0 Å². The average Bonchev–Trinajstić information content (AvgIpc) is 3.63. The van der Waals surface area contributed by atoms with Crippen molar-refractivity contribution in [3.63, 3.8) is 0 Å². The van der Waals surface area contributed by atoms with Crippen LogP contribution in [0.15, 0.2) is 0 Å². The largest absolute Gasteiger partial charge is 0.394 e. The highest BCUT2D eigenvalue weighted by Crippen LogP contribution is 2.24. The zero-order valence-electron chi connectivity index (χ0n) is 27.7. The van der Waals surface area contributed by atoms with Crippen LogP contribution >= 0.6 is 0 Å². The third kappa shape index (κ3) is 15.9. The van der Waals surface area contributed by atoms with Gasteiger partial charge in [0, 0.05) is 0 Å². The van der Waals surface area contributed by atoms with E-state index >= 15 is 0 Å². The second-order valence-electron chi connectivity index (χ2n) is 12.9. The summed E-state index contributed by atoms with van der Waals surface area (Å²) in [6, 6.07) is 0. The van der Waals surface area contributed by atoms with E-state index < -0.39 is 48.4 Å². The zero-order chi connectivity index (χ0) is 32.9. The molecule has 45 heavy (non-hydrogen) atoms. The third-order valence-corrected chi connectivity index (χ3v) is 6.90.